The van der Waals surface area contributed by atoms with E-state index in [1.807, 2.05) is 0 Å². The summed E-state index contributed by atoms with van der Waals surface area (Å²) in [7, 11) is 0. The Kier molecular flexibility index (Phi) is 4.20. The van der Waals surface area contributed by atoms with Crippen molar-refractivity contribution in [2.75, 3.05) is 5.32 Å². The Labute approximate surface area is 120 Å². The highest BCUT2D eigenvalue weighted by atomic mass is 35.5. The fourth-order valence-electron chi connectivity index (χ4n) is 1.79. The SMILES string of the molecule is Cc1ccc(NCc2c(Cl)cccc2[N+](=O)[O-])cc1F. The Morgan fingerprint density at radius 2 is 2.10 bits per heavy atom. The van der Waals surface area contributed by atoms with Crippen LogP contribution in [-0.2, 0) is 6.54 Å². The summed E-state index contributed by atoms with van der Waals surface area (Å²) in [6.45, 7) is 1.82. The summed E-state index contributed by atoms with van der Waals surface area (Å²) in [4.78, 5) is 10.5. The van der Waals surface area contributed by atoms with Gasteiger partial charge in [0.15, 0.2) is 0 Å². The number of nitrogens with one attached hydrogen (secondary N) is 1. The minimum Gasteiger partial charge on any atom is -0.381 e. The van der Waals surface area contributed by atoms with Crippen molar-refractivity contribution in [1.82, 2.24) is 0 Å². The van der Waals surface area contributed by atoms with Crippen molar-refractivity contribution in [2.45, 2.75) is 13.5 Å². The molecule has 0 amide bonds. The van der Waals surface area contributed by atoms with Gasteiger partial charge in [-0.3, -0.25) is 10.1 Å². The van der Waals surface area contributed by atoms with Crippen molar-refractivity contribution >= 4 is 23.0 Å². The van der Waals surface area contributed by atoms with Crippen molar-refractivity contribution in [1.29, 1.82) is 0 Å². The second kappa shape index (κ2) is 5.88. The third-order valence-corrected chi connectivity index (χ3v) is 3.29. The van der Waals surface area contributed by atoms with Crippen LogP contribution >= 0.6 is 11.6 Å². The van der Waals surface area contributed by atoms with Gasteiger partial charge in [-0.15, -0.1) is 0 Å². The van der Waals surface area contributed by atoms with Gasteiger partial charge >= 0.3 is 0 Å². The van der Waals surface area contributed by atoms with E-state index < -0.39 is 4.92 Å². The summed E-state index contributed by atoms with van der Waals surface area (Å²) in [6, 6.07) is 9.19. The van der Waals surface area contributed by atoms with E-state index in [2.05, 4.69) is 5.32 Å². The summed E-state index contributed by atoms with van der Waals surface area (Å²) < 4.78 is 13.4. The number of nitrogens with zero attached hydrogens (tertiary/aromatic N) is 1. The highest BCUT2D eigenvalue weighted by Gasteiger charge is 2.16. The van der Waals surface area contributed by atoms with Crippen LogP contribution in [0.3, 0.4) is 0 Å². The maximum Gasteiger partial charge on any atom is 0.275 e. The van der Waals surface area contributed by atoms with Crippen molar-refractivity contribution in [3.8, 4) is 0 Å². The Bertz CT molecular complexity index is 662. The lowest BCUT2D eigenvalue weighted by Crippen LogP contribution is -2.04. The molecule has 20 heavy (non-hydrogen) atoms. The van der Waals surface area contributed by atoms with E-state index in [0.717, 1.165) is 0 Å². The Morgan fingerprint density at radius 3 is 2.75 bits per heavy atom. The zero-order valence-electron chi connectivity index (χ0n) is 10.7. The first-order valence-corrected chi connectivity index (χ1v) is 6.28. The predicted octanol–water partition coefficient (Wildman–Crippen LogP) is 4.31. The molecular formula is C14H12ClFN2O2. The lowest BCUT2D eigenvalue weighted by molar-refractivity contribution is -0.385. The van der Waals surface area contributed by atoms with Crippen LogP contribution in [0, 0.1) is 22.9 Å². The molecule has 0 bridgehead atoms. The highest BCUT2D eigenvalue weighted by molar-refractivity contribution is 6.31. The number of nitro groups is 1. The minimum atomic E-state index is -0.487. The van der Waals surface area contributed by atoms with Gasteiger partial charge in [0.25, 0.3) is 5.69 Å². The van der Waals surface area contributed by atoms with Crippen LogP contribution in [-0.4, -0.2) is 4.92 Å². The largest absolute Gasteiger partial charge is 0.381 e. The molecule has 0 aliphatic carbocycles. The molecule has 104 valence electrons. The smallest absolute Gasteiger partial charge is 0.275 e. The number of nitro benzene ring substituents is 1. The van der Waals surface area contributed by atoms with Crippen molar-refractivity contribution in [2.24, 2.45) is 0 Å². The van der Waals surface area contributed by atoms with E-state index in [4.69, 9.17) is 11.6 Å². The van der Waals surface area contributed by atoms with E-state index in [9.17, 15) is 14.5 Å². The number of hydrogen-bond acceptors (Lipinski definition) is 3. The molecular weight excluding hydrogens is 283 g/mol. The molecule has 0 saturated heterocycles. The van der Waals surface area contributed by atoms with Gasteiger partial charge in [0, 0.05) is 18.3 Å². The van der Waals surface area contributed by atoms with Gasteiger partial charge in [0.05, 0.1) is 15.5 Å². The van der Waals surface area contributed by atoms with Crippen molar-refractivity contribution in [3.63, 3.8) is 0 Å². The normalized spacial score (nSPS) is 10.3. The first-order chi connectivity index (χ1) is 9.49. The average molecular weight is 295 g/mol. The van der Waals surface area contributed by atoms with E-state index >= 15 is 0 Å². The number of halogens is 2. The van der Waals surface area contributed by atoms with Crippen LogP contribution in [0.25, 0.3) is 0 Å². The third-order valence-electron chi connectivity index (χ3n) is 2.93. The quantitative estimate of drug-likeness (QED) is 0.675. The summed E-state index contributed by atoms with van der Waals surface area (Å²) in [5.74, 6) is -0.330. The second-order valence-corrected chi connectivity index (χ2v) is 4.72. The monoisotopic (exact) mass is 294 g/mol. The molecule has 6 heteroatoms. The van der Waals surface area contributed by atoms with Gasteiger partial charge in [0.2, 0.25) is 0 Å². The minimum absolute atomic E-state index is 0.0578. The molecule has 0 atom stereocenters. The van der Waals surface area contributed by atoms with Crippen LogP contribution < -0.4 is 5.32 Å². The summed E-state index contributed by atoms with van der Waals surface area (Å²) in [6.07, 6.45) is 0. The van der Waals surface area contributed by atoms with E-state index in [1.54, 1.807) is 25.1 Å². The van der Waals surface area contributed by atoms with Gasteiger partial charge in [-0.2, -0.15) is 0 Å². The Balaban J connectivity index is 2.22. The van der Waals surface area contributed by atoms with Crippen LogP contribution in [0.15, 0.2) is 36.4 Å². The number of aryl methyl sites for hydroxylation is 1. The molecule has 0 heterocycles. The first kappa shape index (κ1) is 14.3. The molecule has 0 fully saturated rings. The van der Waals surface area contributed by atoms with Crippen LogP contribution in [0.2, 0.25) is 5.02 Å². The van der Waals surface area contributed by atoms with E-state index in [-0.39, 0.29) is 18.0 Å². The zero-order chi connectivity index (χ0) is 14.7. The number of rotatable bonds is 4. The number of hydrogen-bond donors (Lipinski definition) is 1. The summed E-state index contributed by atoms with van der Waals surface area (Å²) >= 11 is 5.98. The summed E-state index contributed by atoms with van der Waals surface area (Å²) in [5.41, 5.74) is 1.40. The fourth-order valence-corrected chi connectivity index (χ4v) is 2.02. The molecule has 2 rings (SSSR count). The van der Waals surface area contributed by atoms with Gasteiger partial charge in [-0.1, -0.05) is 23.7 Å². The van der Waals surface area contributed by atoms with Crippen LogP contribution in [0.5, 0.6) is 0 Å². The molecule has 4 nitrogen and oxygen atoms in total. The molecule has 0 spiro atoms. The molecule has 0 aromatic heterocycles. The molecule has 0 radical (unpaired) electrons. The average Bonchev–Trinajstić information content (AvgIpc) is 2.40. The predicted molar refractivity (Wildman–Crippen MR) is 76.6 cm³/mol. The van der Waals surface area contributed by atoms with Gasteiger partial charge in [0.1, 0.15) is 5.82 Å². The zero-order valence-corrected chi connectivity index (χ0v) is 11.4. The van der Waals surface area contributed by atoms with Crippen molar-refractivity contribution < 1.29 is 9.31 Å². The highest BCUT2D eigenvalue weighted by Crippen LogP contribution is 2.27. The maximum atomic E-state index is 13.4. The number of anilines is 1. The maximum absolute atomic E-state index is 13.4. The lowest BCUT2D eigenvalue weighted by Gasteiger charge is -2.09. The molecule has 1 N–H and O–H groups in total. The standard InChI is InChI=1S/C14H12ClFN2O2/c1-9-5-6-10(7-13(9)16)17-8-11-12(15)3-2-4-14(11)18(19)20/h2-7,17H,8H2,1H3. The van der Waals surface area contributed by atoms with Crippen LogP contribution in [0.1, 0.15) is 11.1 Å². The molecule has 0 aliphatic heterocycles. The molecule has 0 saturated carbocycles. The Morgan fingerprint density at radius 1 is 1.35 bits per heavy atom. The van der Waals surface area contributed by atoms with Gasteiger partial charge in [-0.25, -0.2) is 4.39 Å². The lowest BCUT2D eigenvalue weighted by atomic mass is 10.1. The molecule has 2 aromatic rings. The molecule has 0 aliphatic rings. The van der Waals surface area contributed by atoms with Gasteiger partial charge in [-0.05, 0) is 30.7 Å². The van der Waals surface area contributed by atoms with Crippen LogP contribution in [0.4, 0.5) is 15.8 Å². The topological polar surface area (TPSA) is 55.2 Å². The first-order valence-electron chi connectivity index (χ1n) is 5.91. The second-order valence-electron chi connectivity index (χ2n) is 4.31. The van der Waals surface area contributed by atoms with Gasteiger partial charge < -0.3 is 5.32 Å². The fraction of sp³-hybridized carbons (Fsp3) is 0.143. The molecule has 0 unspecified atom stereocenters. The molecule has 2 aromatic carbocycles. The third kappa shape index (κ3) is 3.05. The van der Waals surface area contributed by atoms with E-state index in [0.29, 0.717) is 21.8 Å². The Hall–Kier alpha value is -2.14. The number of benzene rings is 2. The van der Waals surface area contributed by atoms with E-state index in [1.165, 1.54) is 18.2 Å². The summed E-state index contributed by atoms with van der Waals surface area (Å²) in [5, 5.41) is 14.2. The van der Waals surface area contributed by atoms with Crippen molar-refractivity contribution in [3.05, 3.63) is 68.5 Å².